The maximum absolute atomic E-state index is 13.2. The number of aliphatic hydroxyl groups excluding tert-OH is 11. The van der Waals surface area contributed by atoms with Gasteiger partial charge in [-0.15, -0.1) is 0 Å². The lowest BCUT2D eigenvalue weighted by atomic mass is 9.88. The SMILES string of the molecule is CCCC/C=C\CCCCCCC(=O)NC(COC1OC(CO)C(OC2OC(CO)C(O)C(OC3(C(=O)O)CC(O)C(NC(C)=O)C(C(O)C(O)CO)O3)C2O)C(O)C1O)C(O)CCCCCCCCCCCCC. The van der Waals surface area contributed by atoms with Crippen molar-refractivity contribution in [3.63, 3.8) is 0 Å². The summed E-state index contributed by atoms with van der Waals surface area (Å²) in [5, 5.41) is 135. The molecule has 0 saturated carbocycles. The smallest absolute Gasteiger partial charge is 0.364 e. The predicted octanol–water partition coefficient (Wildman–Crippen LogP) is 0.435. The molecular weight excluding hydrogens is 989 g/mol. The highest BCUT2D eigenvalue weighted by atomic mass is 16.8. The first-order chi connectivity index (χ1) is 35.9. The van der Waals surface area contributed by atoms with Crippen LogP contribution in [0.5, 0.6) is 0 Å². The van der Waals surface area contributed by atoms with Gasteiger partial charge in [-0.2, -0.15) is 0 Å². The number of carbonyl (C=O) groups is 3. The number of rotatable bonds is 38. The van der Waals surface area contributed by atoms with E-state index in [0.29, 0.717) is 19.3 Å². The fourth-order valence-electron chi connectivity index (χ4n) is 9.69. The van der Waals surface area contributed by atoms with Gasteiger partial charge in [0.05, 0.1) is 50.7 Å². The van der Waals surface area contributed by atoms with Crippen LogP contribution in [0.15, 0.2) is 12.2 Å². The molecule has 0 radical (unpaired) electrons. The molecule has 3 saturated heterocycles. The number of carboxylic acids is 1. The molecule has 3 fully saturated rings. The molecule has 3 heterocycles. The van der Waals surface area contributed by atoms with Crippen molar-refractivity contribution in [1.29, 1.82) is 0 Å². The number of aliphatic hydroxyl groups is 11. The fourth-order valence-corrected chi connectivity index (χ4v) is 9.69. The number of allylic oxidation sites excluding steroid dienone is 2. The second-order valence-corrected chi connectivity index (χ2v) is 20.4. The zero-order valence-corrected chi connectivity index (χ0v) is 44.4. The molecule has 2 amide bonds. The van der Waals surface area contributed by atoms with Gasteiger partial charge in [-0.25, -0.2) is 4.79 Å². The average molecular weight is 1080 g/mol. The van der Waals surface area contributed by atoms with Crippen LogP contribution < -0.4 is 10.6 Å². The van der Waals surface area contributed by atoms with Gasteiger partial charge in [-0.1, -0.05) is 122 Å². The van der Waals surface area contributed by atoms with E-state index in [1.54, 1.807) is 0 Å². The molecule has 0 aromatic rings. The molecule has 3 aliphatic rings. The van der Waals surface area contributed by atoms with Crippen LogP contribution in [0.3, 0.4) is 0 Å². The van der Waals surface area contributed by atoms with Gasteiger partial charge < -0.3 is 100 Å². The van der Waals surface area contributed by atoms with Crippen molar-refractivity contribution in [2.24, 2.45) is 0 Å². The maximum Gasteiger partial charge on any atom is 0.364 e. The number of hydrogen-bond acceptors (Lipinski definition) is 20. The van der Waals surface area contributed by atoms with E-state index in [-0.39, 0.29) is 18.9 Å². The second-order valence-electron chi connectivity index (χ2n) is 20.4. The van der Waals surface area contributed by atoms with Gasteiger partial charge in [-0.05, 0) is 32.1 Å². The Bertz CT molecular complexity index is 1620. The Kier molecular flexibility index (Phi) is 31.9. The summed E-state index contributed by atoms with van der Waals surface area (Å²) in [5.74, 6) is -6.12. The largest absolute Gasteiger partial charge is 0.477 e. The van der Waals surface area contributed by atoms with Crippen LogP contribution in [0.25, 0.3) is 0 Å². The standard InChI is InChI=1S/C52H94N2O21/c1-4-6-8-10-12-14-16-17-19-21-23-25-34(59)33(54-39(62)26-24-22-20-18-15-13-11-9-7-5-2)31-70-49-44(66)43(65)46(38(30-57)72-49)73-50-45(67)48(42(64)37(29-56)71-50)75-52(51(68)69)27-35(60)40(53-32(3)58)47(74-52)41(63)36(61)28-55/h11,13,33-38,40-50,55-57,59-61,63-67H,4-10,12,14-31H2,1-3H3,(H,53,58)(H,54,62)(H,68,69)/b13-11-. The Morgan fingerprint density at radius 3 is 1.84 bits per heavy atom. The molecule has 0 bridgehead atoms. The number of carboxylic acid groups (broad SMARTS) is 1. The quantitative estimate of drug-likeness (QED) is 0.0295. The number of nitrogens with one attached hydrogen (secondary N) is 2. The van der Waals surface area contributed by atoms with Crippen LogP contribution >= 0.6 is 0 Å². The monoisotopic (exact) mass is 1080 g/mol. The van der Waals surface area contributed by atoms with Gasteiger partial charge in [0.1, 0.15) is 67.1 Å². The summed E-state index contributed by atoms with van der Waals surface area (Å²) < 4.78 is 34.6. The van der Waals surface area contributed by atoms with Crippen molar-refractivity contribution in [3.8, 4) is 0 Å². The molecule has 18 unspecified atom stereocenters. The van der Waals surface area contributed by atoms with E-state index >= 15 is 0 Å². The van der Waals surface area contributed by atoms with Crippen molar-refractivity contribution in [3.05, 3.63) is 12.2 Å². The molecule has 0 spiro atoms. The van der Waals surface area contributed by atoms with Crippen LogP contribution in [-0.4, -0.2) is 215 Å². The molecule has 14 N–H and O–H groups in total. The molecule has 23 nitrogen and oxygen atoms in total. The third kappa shape index (κ3) is 21.6. The minimum Gasteiger partial charge on any atom is -0.477 e. The minimum absolute atomic E-state index is 0.208. The van der Waals surface area contributed by atoms with Gasteiger partial charge in [0.15, 0.2) is 12.6 Å². The minimum atomic E-state index is -3.08. The summed E-state index contributed by atoms with van der Waals surface area (Å²) in [7, 11) is 0. The lowest BCUT2D eigenvalue weighted by Gasteiger charge is -2.50. The molecule has 3 rings (SSSR count). The van der Waals surface area contributed by atoms with E-state index in [0.717, 1.165) is 77.6 Å². The maximum atomic E-state index is 13.2. The van der Waals surface area contributed by atoms with Gasteiger partial charge in [0, 0.05) is 19.8 Å². The first-order valence-corrected chi connectivity index (χ1v) is 27.5. The molecule has 438 valence electrons. The van der Waals surface area contributed by atoms with Gasteiger partial charge >= 0.3 is 5.97 Å². The molecule has 0 aromatic carbocycles. The van der Waals surface area contributed by atoms with E-state index in [1.165, 1.54) is 38.5 Å². The topological polar surface area (TPSA) is 373 Å². The third-order valence-electron chi connectivity index (χ3n) is 14.2. The summed E-state index contributed by atoms with van der Waals surface area (Å²) in [6, 6.07) is -2.53. The predicted molar refractivity (Wildman–Crippen MR) is 269 cm³/mol. The van der Waals surface area contributed by atoms with E-state index < -0.39 is 148 Å². The van der Waals surface area contributed by atoms with E-state index in [1.807, 2.05) is 0 Å². The number of amides is 2. The summed E-state index contributed by atoms with van der Waals surface area (Å²) in [6.45, 7) is 2.06. The number of aliphatic carboxylic acids is 1. The van der Waals surface area contributed by atoms with Crippen molar-refractivity contribution in [2.45, 2.75) is 272 Å². The second kappa shape index (κ2) is 35.9. The van der Waals surface area contributed by atoms with E-state index in [2.05, 4.69) is 36.6 Å². The highest BCUT2D eigenvalue weighted by molar-refractivity contribution is 5.77. The summed E-state index contributed by atoms with van der Waals surface area (Å²) in [4.78, 5) is 38.2. The number of unbranched alkanes of at least 4 members (excludes halogenated alkanes) is 16. The highest BCUT2D eigenvalue weighted by Crippen LogP contribution is 2.38. The van der Waals surface area contributed by atoms with Crippen molar-refractivity contribution in [2.75, 3.05) is 26.4 Å². The summed E-state index contributed by atoms with van der Waals surface area (Å²) in [6.07, 6.45) is -4.28. The number of hydrogen-bond donors (Lipinski definition) is 14. The van der Waals surface area contributed by atoms with Crippen LogP contribution in [0.1, 0.15) is 162 Å². The van der Waals surface area contributed by atoms with Crippen LogP contribution in [-0.2, 0) is 42.8 Å². The Balaban J connectivity index is 1.72. The molecule has 75 heavy (non-hydrogen) atoms. The molecular formula is C52H94N2O21. The van der Waals surface area contributed by atoms with Crippen LogP contribution in [0.4, 0.5) is 0 Å². The van der Waals surface area contributed by atoms with Crippen molar-refractivity contribution in [1.82, 2.24) is 10.6 Å². The van der Waals surface area contributed by atoms with E-state index in [9.17, 15) is 75.7 Å². The Morgan fingerprint density at radius 1 is 0.680 bits per heavy atom. The average Bonchev–Trinajstić information content (AvgIpc) is 3.38. The van der Waals surface area contributed by atoms with Crippen LogP contribution in [0.2, 0.25) is 0 Å². The molecule has 0 aromatic heterocycles. The zero-order valence-electron chi connectivity index (χ0n) is 44.4. The zero-order chi connectivity index (χ0) is 55.5. The van der Waals surface area contributed by atoms with Crippen molar-refractivity contribution >= 4 is 17.8 Å². The highest BCUT2D eigenvalue weighted by Gasteiger charge is 2.60. The number of carbonyl (C=O) groups excluding carboxylic acids is 2. The third-order valence-corrected chi connectivity index (χ3v) is 14.2. The normalized spacial score (nSPS) is 31.9. The Labute approximate surface area is 441 Å². The molecule has 23 heteroatoms. The first kappa shape index (κ1) is 66.7. The molecule has 18 atom stereocenters. The van der Waals surface area contributed by atoms with Crippen LogP contribution in [0, 0.1) is 0 Å². The van der Waals surface area contributed by atoms with Gasteiger partial charge in [0.25, 0.3) is 5.79 Å². The number of ether oxygens (including phenoxy) is 6. The summed E-state index contributed by atoms with van der Waals surface area (Å²) >= 11 is 0. The van der Waals surface area contributed by atoms with Crippen molar-refractivity contribution < 1.29 is 104 Å². The Morgan fingerprint density at radius 2 is 1.25 bits per heavy atom. The fraction of sp³-hybridized carbons (Fsp3) is 0.904. The van der Waals surface area contributed by atoms with E-state index in [4.69, 9.17) is 28.4 Å². The molecule has 0 aliphatic carbocycles. The Hall–Kier alpha value is -2.53. The van der Waals surface area contributed by atoms with Gasteiger partial charge in [0.2, 0.25) is 11.8 Å². The lowest BCUT2D eigenvalue weighted by Crippen LogP contribution is -2.70. The molecule has 3 aliphatic heterocycles. The first-order valence-electron chi connectivity index (χ1n) is 27.5. The lowest BCUT2D eigenvalue weighted by molar-refractivity contribution is -0.386. The summed E-state index contributed by atoms with van der Waals surface area (Å²) in [5.41, 5.74) is 0. The van der Waals surface area contributed by atoms with Gasteiger partial charge in [-0.3, -0.25) is 9.59 Å².